The van der Waals surface area contributed by atoms with Crippen LogP contribution in [0.5, 0.6) is 0 Å². The smallest absolute Gasteiger partial charge is 0.171 e. The third-order valence-electron chi connectivity index (χ3n) is 3.50. The molecule has 2 N–H and O–H groups in total. The van der Waals surface area contributed by atoms with Crippen LogP contribution in [0.3, 0.4) is 0 Å². The summed E-state index contributed by atoms with van der Waals surface area (Å²) in [4.78, 5) is 4.25. The maximum absolute atomic E-state index is 5.81. The summed E-state index contributed by atoms with van der Waals surface area (Å²) in [5.41, 5.74) is 1.08. The summed E-state index contributed by atoms with van der Waals surface area (Å²) < 4.78 is 5.81. The van der Waals surface area contributed by atoms with Crippen molar-refractivity contribution in [3.63, 3.8) is 0 Å². The molecule has 1 aliphatic carbocycles. The van der Waals surface area contributed by atoms with Crippen LogP contribution in [-0.2, 0) is 4.74 Å². The molecule has 1 fully saturated rings. The highest BCUT2D eigenvalue weighted by Gasteiger charge is 2.14. The molecular formula is C15H23N3OS. The molecule has 0 saturated heterocycles. The van der Waals surface area contributed by atoms with E-state index in [2.05, 4.69) is 15.6 Å². The molecule has 0 radical (unpaired) electrons. The van der Waals surface area contributed by atoms with Crippen molar-refractivity contribution in [3.05, 3.63) is 23.9 Å². The van der Waals surface area contributed by atoms with Gasteiger partial charge in [-0.3, -0.25) is 0 Å². The Balaban J connectivity index is 1.57. The van der Waals surface area contributed by atoms with Gasteiger partial charge >= 0.3 is 0 Å². The largest absolute Gasteiger partial charge is 0.378 e. The number of nitrogens with zero attached hydrogens (tertiary/aromatic N) is 1. The molecule has 0 unspecified atom stereocenters. The van der Waals surface area contributed by atoms with E-state index in [1.165, 1.54) is 25.7 Å². The zero-order chi connectivity index (χ0) is 14.2. The molecule has 110 valence electrons. The zero-order valence-electron chi connectivity index (χ0n) is 12.0. The lowest BCUT2D eigenvalue weighted by Gasteiger charge is -2.13. The summed E-state index contributed by atoms with van der Waals surface area (Å²) in [6.45, 7) is 3.64. The molecule has 1 aliphatic rings. The Kier molecular flexibility index (Phi) is 6.21. The van der Waals surface area contributed by atoms with Gasteiger partial charge in [-0.25, -0.2) is 4.98 Å². The molecular weight excluding hydrogens is 270 g/mol. The van der Waals surface area contributed by atoms with Crippen LogP contribution in [0.15, 0.2) is 18.3 Å². The number of pyridine rings is 1. The molecule has 1 saturated carbocycles. The summed E-state index contributed by atoms with van der Waals surface area (Å²) in [5.74, 6) is 0.812. The summed E-state index contributed by atoms with van der Waals surface area (Å²) in [7, 11) is 0. The first kappa shape index (κ1) is 15.2. The van der Waals surface area contributed by atoms with Gasteiger partial charge in [-0.05, 0) is 50.0 Å². The van der Waals surface area contributed by atoms with Crippen LogP contribution >= 0.6 is 12.2 Å². The molecule has 1 aromatic rings. The van der Waals surface area contributed by atoms with Crippen LogP contribution < -0.4 is 10.6 Å². The molecule has 0 aliphatic heterocycles. The average Bonchev–Trinajstić information content (AvgIpc) is 2.94. The Morgan fingerprint density at radius 2 is 2.25 bits per heavy atom. The van der Waals surface area contributed by atoms with Crippen molar-refractivity contribution in [3.8, 4) is 0 Å². The number of aromatic nitrogens is 1. The van der Waals surface area contributed by atoms with Crippen LogP contribution in [0.4, 0.5) is 5.82 Å². The molecule has 5 heteroatoms. The summed E-state index contributed by atoms with van der Waals surface area (Å²) in [6.07, 6.45) is 8.32. The Morgan fingerprint density at radius 1 is 1.45 bits per heavy atom. The molecule has 0 spiro atoms. The molecule has 1 aromatic heterocycles. The second-order valence-electron chi connectivity index (χ2n) is 5.18. The fraction of sp³-hybridized carbons (Fsp3) is 0.600. The van der Waals surface area contributed by atoms with Gasteiger partial charge in [0.05, 0.1) is 6.10 Å². The fourth-order valence-corrected chi connectivity index (χ4v) is 2.55. The lowest BCUT2D eigenvalue weighted by molar-refractivity contribution is 0.0574. The predicted octanol–water partition coefficient (Wildman–Crippen LogP) is 3.03. The van der Waals surface area contributed by atoms with Gasteiger partial charge in [-0.15, -0.1) is 0 Å². The average molecular weight is 293 g/mol. The number of hydrogen-bond acceptors (Lipinski definition) is 3. The van der Waals surface area contributed by atoms with Crippen molar-refractivity contribution in [1.29, 1.82) is 0 Å². The number of hydrogen-bond donors (Lipinski definition) is 2. The molecule has 0 aromatic carbocycles. The fourth-order valence-electron chi connectivity index (χ4n) is 2.35. The topological polar surface area (TPSA) is 46.2 Å². The summed E-state index contributed by atoms with van der Waals surface area (Å²) in [6, 6.07) is 3.92. The van der Waals surface area contributed by atoms with Gasteiger partial charge in [0.2, 0.25) is 0 Å². The summed E-state index contributed by atoms with van der Waals surface area (Å²) >= 11 is 5.25. The zero-order valence-corrected chi connectivity index (χ0v) is 12.8. The number of ether oxygens (including phenoxy) is 1. The van der Waals surface area contributed by atoms with Crippen molar-refractivity contribution in [1.82, 2.24) is 10.3 Å². The van der Waals surface area contributed by atoms with Gasteiger partial charge in [-0.2, -0.15) is 0 Å². The minimum atomic E-state index is 0.497. The predicted molar refractivity (Wildman–Crippen MR) is 86.0 cm³/mol. The second kappa shape index (κ2) is 8.17. The van der Waals surface area contributed by atoms with Gasteiger partial charge < -0.3 is 15.4 Å². The number of rotatable bonds is 6. The van der Waals surface area contributed by atoms with Crippen molar-refractivity contribution in [2.45, 2.75) is 45.1 Å². The van der Waals surface area contributed by atoms with Crippen LogP contribution in [-0.4, -0.2) is 29.4 Å². The molecule has 0 atom stereocenters. The van der Waals surface area contributed by atoms with E-state index in [0.29, 0.717) is 11.2 Å². The maximum Gasteiger partial charge on any atom is 0.171 e. The van der Waals surface area contributed by atoms with Crippen molar-refractivity contribution < 1.29 is 4.74 Å². The van der Waals surface area contributed by atoms with E-state index in [4.69, 9.17) is 17.0 Å². The van der Waals surface area contributed by atoms with E-state index in [9.17, 15) is 0 Å². The second-order valence-corrected chi connectivity index (χ2v) is 5.59. The molecule has 0 amide bonds. The lowest BCUT2D eigenvalue weighted by atomic mass is 10.3. The van der Waals surface area contributed by atoms with Crippen LogP contribution in [0.25, 0.3) is 0 Å². The molecule has 0 bridgehead atoms. The minimum Gasteiger partial charge on any atom is -0.378 e. The molecule has 2 rings (SSSR count). The molecule has 4 nitrogen and oxygen atoms in total. The van der Waals surface area contributed by atoms with E-state index < -0.39 is 0 Å². The Bertz CT molecular complexity index is 433. The third kappa shape index (κ3) is 5.06. The van der Waals surface area contributed by atoms with Gasteiger partial charge in [0, 0.05) is 19.3 Å². The minimum absolute atomic E-state index is 0.497. The quantitative estimate of drug-likeness (QED) is 0.623. The molecule has 20 heavy (non-hydrogen) atoms. The third-order valence-corrected chi connectivity index (χ3v) is 3.75. The van der Waals surface area contributed by atoms with Crippen LogP contribution in [0.1, 0.15) is 37.7 Å². The van der Waals surface area contributed by atoms with E-state index in [1.54, 1.807) is 6.20 Å². The highest BCUT2D eigenvalue weighted by atomic mass is 32.1. The van der Waals surface area contributed by atoms with Gasteiger partial charge in [0.1, 0.15) is 5.82 Å². The number of aryl methyl sites for hydroxylation is 1. The Morgan fingerprint density at radius 3 is 3.00 bits per heavy atom. The maximum atomic E-state index is 5.81. The van der Waals surface area contributed by atoms with Crippen molar-refractivity contribution in [2.24, 2.45) is 0 Å². The Labute approximate surface area is 126 Å². The van der Waals surface area contributed by atoms with Crippen molar-refractivity contribution >= 4 is 23.1 Å². The number of nitrogens with one attached hydrogen (secondary N) is 2. The number of thiocarbonyl (C=S) groups is 1. The highest BCUT2D eigenvalue weighted by Crippen LogP contribution is 2.20. The highest BCUT2D eigenvalue weighted by molar-refractivity contribution is 7.80. The first-order valence-corrected chi connectivity index (χ1v) is 7.74. The van der Waals surface area contributed by atoms with Gasteiger partial charge in [0.25, 0.3) is 0 Å². The van der Waals surface area contributed by atoms with Crippen molar-refractivity contribution in [2.75, 3.05) is 18.5 Å². The van der Waals surface area contributed by atoms with E-state index in [-0.39, 0.29) is 0 Å². The Hall–Kier alpha value is -1.20. The number of anilines is 1. The van der Waals surface area contributed by atoms with Gasteiger partial charge in [-0.1, -0.05) is 18.9 Å². The van der Waals surface area contributed by atoms with E-state index >= 15 is 0 Å². The first-order valence-electron chi connectivity index (χ1n) is 7.34. The SMILES string of the molecule is Cc1cccnc1NC(=S)NCCCOC1CCCC1. The van der Waals surface area contributed by atoms with E-state index in [1.807, 2.05) is 19.1 Å². The van der Waals surface area contributed by atoms with Gasteiger partial charge in [0.15, 0.2) is 5.11 Å². The van der Waals surface area contributed by atoms with E-state index in [0.717, 1.165) is 31.0 Å². The summed E-state index contributed by atoms with van der Waals surface area (Å²) in [5, 5.41) is 6.91. The van der Waals surface area contributed by atoms with Crippen LogP contribution in [0.2, 0.25) is 0 Å². The lowest BCUT2D eigenvalue weighted by Crippen LogP contribution is -2.30. The monoisotopic (exact) mass is 293 g/mol. The normalized spacial score (nSPS) is 15.2. The van der Waals surface area contributed by atoms with Crippen LogP contribution in [0, 0.1) is 6.92 Å². The molecule has 1 heterocycles. The first-order chi connectivity index (χ1) is 9.75. The standard InChI is InChI=1S/C15H23N3OS/c1-12-6-4-9-16-14(12)18-15(20)17-10-5-11-19-13-7-2-3-8-13/h4,6,9,13H,2-3,5,7-8,10-11H2,1H3,(H2,16,17,18,20).